The minimum Gasteiger partial charge on any atom is -0.336 e. The second-order valence-corrected chi connectivity index (χ2v) is 12.9. The van der Waals surface area contributed by atoms with Crippen LogP contribution in [-0.4, -0.2) is 49.7 Å². The molecule has 1 aromatic carbocycles. The average Bonchev–Trinajstić information content (AvgIpc) is 3.42. The van der Waals surface area contributed by atoms with Gasteiger partial charge in [-0.2, -0.15) is 0 Å². The van der Waals surface area contributed by atoms with Crippen molar-refractivity contribution >= 4 is 34.1 Å². The molecule has 10 heteroatoms. The Labute approximate surface area is 244 Å². The van der Waals surface area contributed by atoms with Crippen LogP contribution in [0.25, 0.3) is 22.3 Å². The van der Waals surface area contributed by atoms with Gasteiger partial charge in [-0.1, -0.05) is 12.1 Å². The summed E-state index contributed by atoms with van der Waals surface area (Å²) in [5.41, 5.74) is 3.16. The first-order valence-corrected chi connectivity index (χ1v) is 14.5. The normalized spacial score (nSPS) is 19.8. The zero-order valence-corrected chi connectivity index (χ0v) is 24.9. The number of nitrogens with zero attached hydrogens (tertiary/aromatic N) is 5. The van der Waals surface area contributed by atoms with E-state index in [1.165, 1.54) is 6.20 Å². The summed E-state index contributed by atoms with van der Waals surface area (Å²) >= 11 is 0. The molecule has 8 nitrogen and oxygen atoms in total. The van der Waals surface area contributed by atoms with Crippen molar-refractivity contribution in [2.45, 2.75) is 83.6 Å². The number of aromatic nitrogens is 4. The molecular formula is C32H37F2N7O. The number of carbonyl (C=O) groups is 1. The van der Waals surface area contributed by atoms with Gasteiger partial charge in [0.2, 0.25) is 5.91 Å². The molecule has 1 aliphatic heterocycles. The monoisotopic (exact) mass is 573 g/mol. The quantitative estimate of drug-likeness (QED) is 0.252. The first-order chi connectivity index (χ1) is 19.8. The van der Waals surface area contributed by atoms with Crippen LogP contribution in [0.1, 0.15) is 66.0 Å². The molecule has 42 heavy (non-hydrogen) atoms. The highest BCUT2D eigenvalue weighted by Gasteiger charge is 2.49. The highest BCUT2D eigenvalue weighted by atomic mass is 19.1. The first kappa shape index (κ1) is 28.2. The van der Waals surface area contributed by atoms with Crippen LogP contribution in [0.2, 0.25) is 0 Å². The largest absolute Gasteiger partial charge is 0.336 e. The third-order valence-electron chi connectivity index (χ3n) is 8.40. The molecule has 1 saturated carbocycles. The summed E-state index contributed by atoms with van der Waals surface area (Å²) in [4.78, 5) is 29.1. The molecule has 0 radical (unpaired) electrons. The number of halogens is 2. The number of nitrogens with one attached hydrogen (secondary N) is 2. The molecule has 220 valence electrons. The van der Waals surface area contributed by atoms with Gasteiger partial charge in [0.1, 0.15) is 11.2 Å². The number of anilines is 3. The standard InChI is InChI=1S/C32H37F2N7O/c1-18(2)40-17-37-26-14-25(39-29(28(26)40)38-24-9-10-35-15-23(24)33)19-7-8-22-27(11-19)41(30(42)32(22,5)6)21-12-20(13-21)36-16-31(3,4)34/h7-11,14-15,17-18,20-21,36H,12-13,16H2,1-6H3,(H,35,38,39)/t20-,21+. The van der Waals surface area contributed by atoms with Crippen LogP contribution in [0.5, 0.6) is 0 Å². The molecule has 3 aromatic heterocycles. The van der Waals surface area contributed by atoms with Crippen LogP contribution < -0.4 is 15.5 Å². The number of rotatable bonds is 8. The van der Waals surface area contributed by atoms with Gasteiger partial charge in [0.05, 0.1) is 34.8 Å². The van der Waals surface area contributed by atoms with Crippen LogP contribution in [0, 0.1) is 5.82 Å². The van der Waals surface area contributed by atoms with Crippen molar-refractivity contribution in [1.82, 2.24) is 24.8 Å². The maximum absolute atomic E-state index is 14.6. The number of hydrogen-bond acceptors (Lipinski definition) is 6. The maximum Gasteiger partial charge on any atom is 0.237 e. The molecule has 2 aliphatic rings. The van der Waals surface area contributed by atoms with Gasteiger partial charge >= 0.3 is 0 Å². The first-order valence-electron chi connectivity index (χ1n) is 14.5. The lowest BCUT2D eigenvalue weighted by atomic mass is 9.84. The van der Waals surface area contributed by atoms with Crippen molar-refractivity contribution in [1.29, 1.82) is 0 Å². The van der Waals surface area contributed by atoms with Gasteiger partial charge in [-0.15, -0.1) is 0 Å². The second kappa shape index (κ2) is 10.1. The Hall–Kier alpha value is -3.92. The van der Waals surface area contributed by atoms with Crippen molar-refractivity contribution in [3.8, 4) is 11.3 Å². The summed E-state index contributed by atoms with van der Waals surface area (Å²) < 4.78 is 30.6. The molecule has 1 amide bonds. The molecule has 4 aromatic rings. The van der Waals surface area contributed by atoms with Crippen molar-refractivity contribution in [2.75, 3.05) is 16.8 Å². The van der Waals surface area contributed by atoms with Crippen LogP contribution in [0.3, 0.4) is 0 Å². The molecule has 1 fully saturated rings. The minimum atomic E-state index is -1.28. The molecule has 0 saturated heterocycles. The van der Waals surface area contributed by atoms with Gasteiger partial charge in [0.25, 0.3) is 0 Å². The molecule has 2 N–H and O–H groups in total. The SMILES string of the molecule is CC(C)n1cnc2cc(-c3ccc4c(c3)N([C@H]3C[C@@H](NCC(C)(C)F)C3)C(=O)C4(C)C)nc(Nc3ccncc3F)c21. The summed E-state index contributed by atoms with van der Waals surface area (Å²) in [5, 5.41) is 6.46. The molecule has 0 spiro atoms. The fraction of sp³-hybridized carbons (Fsp3) is 0.438. The highest BCUT2D eigenvalue weighted by Crippen LogP contribution is 2.47. The molecule has 0 atom stereocenters. The molecule has 1 aliphatic carbocycles. The van der Waals surface area contributed by atoms with E-state index in [1.807, 2.05) is 47.6 Å². The van der Waals surface area contributed by atoms with E-state index >= 15 is 0 Å². The molecule has 6 rings (SSSR count). The number of hydrogen-bond donors (Lipinski definition) is 2. The Morgan fingerprint density at radius 3 is 2.62 bits per heavy atom. The fourth-order valence-electron chi connectivity index (χ4n) is 5.95. The highest BCUT2D eigenvalue weighted by molar-refractivity contribution is 6.08. The summed E-state index contributed by atoms with van der Waals surface area (Å²) in [6.45, 7) is 11.4. The van der Waals surface area contributed by atoms with E-state index < -0.39 is 16.9 Å². The smallest absolute Gasteiger partial charge is 0.237 e. The maximum atomic E-state index is 14.6. The van der Waals surface area contributed by atoms with Gasteiger partial charge in [0.15, 0.2) is 11.6 Å². The minimum absolute atomic E-state index is 0.0394. The molecular weight excluding hydrogens is 536 g/mol. The fourth-order valence-corrected chi connectivity index (χ4v) is 5.95. The Morgan fingerprint density at radius 2 is 1.93 bits per heavy atom. The van der Waals surface area contributed by atoms with Gasteiger partial charge in [0, 0.05) is 42.1 Å². The third kappa shape index (κ3) is 4.91. The Bertz CT molecular complexity index is 1670. The van der Waals surface area contributed by atoms with Crippen LogP contribution >= 0.6 is 0 Å². The van der Waals surface area contributed by atoms with Crippen LogP contribution in [-0.2, 0) is 10.2 Å². The summed E-state index contributed by atoms with van der Waals surface area (Å²) in [5.74, 6) is 0.0699. The van der Waals surface area contributed by atoms with E-state index in [2.05, 4.69) is 34.4 Å². The zero-order valence-electron chi connectivity index (χ0n) is 24.9. The average molecular weight is 574 g/mol. The molecule has 0 unspecified atom stereocenters. The lowest BCUT2D eigenvalue weighted by Crippen LogP contribution is -2.56. The number of alkyl halides is 1. The van der Waals surface area contributed by atoms with Crippen molar-refractivity contribution < 1.29 is 13.6 Å². The summed E-state index contributed by atoms with van der Waals surface area (Å²) in [7, 11) is 0. The topological polar surface area (TPSA) is 88.0 Å². The van der Waals surface area contributed by atoms with Gasteiger partial charge in [-0.05, 0) is 78.1 Å². The third-order valence-corrected chi connectivity index (χ3v) is 8.40. The summed E-state index contributed by atoms with van der Waals surface area (Å²) in [6, 6.07) is 9.85. The van der Waals surface area contributed by atoms with Gasteiger partial charge in [-0.3, -0.25) is 9.78 Å². The van der Waals surface area contributed by atoms with Gasteiger partial charge < -0.3 is 20.1 Å². The lowest BCUT2D eigenvalue weighted by molar-refractivity contribution is -0.123. The van der Waals surface area contributed by atoms with E-state index in [-0.39, 0.29) is 36.3 Å². The van der Waals surface area contributed by atoms with Gasteiger partial charge in [-0.25, -0.2) is 18.7 Å². The Balaban J connectivity index is 1.38. The van der Waals surface area contributed by atoms with Crippen molar-refractivity contribution in [2.24, 2.45) is 0 Å². The Morgan fingerprint density at radius 1 is 1.17 bits per heavy atom. The van der Waals surface area contributed by atoms with E-state index in [0.29, 0.717) is 11.5 Å². The summed E-state index contributed by atoms with van der Waals surface area (Å²) in [6.07, 6.45) is 5.99. The lowest BCUT2D eigenvalue weighted by Gasteiger charge is -2.43. The number of fused-ring (bicyclic) bond motifs is 2. The number of imidazole rings is 1. The van der Waals surface area contributed by atoms with E-state index in [0.717, 1.165) is 46.9 Å². The second-order valence-electron chi connectivity index (χ2n) is 12.9. The number of benzene rings is 1. The van der Waals surface area contributed by atoms with E-state index in [9.17, 15) is 13.6 Å². The predicted octanol–water partition coefficient (Wildman–Crippen LogP) is 6.45. The zero-order chi connectivity index (χ0) is 30.0. The number of amides is 1. The number of pyridine rings is 2. The van der Waals surface area contributed by atoms with E-state index in [4.69, 9.17) is 4.98 Å². The van der Waals surface area contributed by atoms with Crippen molar-refractivity contribution in [3.05, 3.63) is 60.4 Å². The van der Waals surface area contributed by atoms with Crippen LogP contribution in [0.15, 0.2) is 49.1 Å². The van der Waals surface area contributed by atoms with E-state index in [1.54, 1.807) is 26.2 Å². The molecule has 4 heterocycles. The Kier molecular flexibility index (Phi) is 6.79. The molecule has 0 bridgehead atoms. The predicted molar refractivity (Wildman–Crippen MR) is 161 cm³/mol. The number of carbonyl (C=O) groups excluding carboxylic acids is 1. The van der Waals surface area contributed by atoms with Crippen LogP contribution in [0.4, 0.5) is 26.0 Å². The van der Waals surface area contributed by atoms with Crippen molar-refractivity contribution in [3.63, 3.8) is 0 Å².